The average Bonchev–Trinajstić information content (AvgIpc) is 2.54. The summed E-state index contributed by atoms with van der Waals surface area (Å²) in [6.45, 7) is 3.58. The Morgan fingerprint density at radius 3 is 3.21 bits per heavy atom. The molecule has 1 heterocycles. The molecule has 0 aliphatic heterocycles. The van der Waals surface area contributed by atoms with Crippen LogP contribution in [0.4, 0.5) is 6.01 Å². The minimum Gasteiger partial charge on any atom is -0.424 e. The van der Waals surface area contributed by atoms with Crippen LogP contribution in [0, 0.1) is 0 Å². The highest BCUT2D eigenvalue weighted by Gasteiger charge is 2.03. The third-order valence-corrected chi connectivity index (χ3v) is 1.79. The van der Waals surface area contributed by atoms with Crippen molar-refractivity contribution in [2.45, 2.75) is 6.61 Å². The predicted molar refractivity (Wildman–Crippen MR) is 52.8 cm³/mol. The lowest BCUT2D eigenvalue weighted by Crippen LogP contribution is -1.86. The molecular formula is C9H9N3O2. The van der Waals surface area contributed by atoms with Gasteiger partial charge in [-0.25, -0.2) is 0 Å². The highest BCUT2D eigenvalue weighted by molar-refractivity contribution is 5.74. The summed E-state index contributed by atoms with van der Waals surface area (Å²) < 4.78 is 5.12. The fourth-order valence-electron chi connectivity index (χ4n) is 1.20. The van der Waals surface area contributed by atoms with Gasteiger partial charge in [-0.1, -0.05) is 6.07 Å². The summed E-state index contributed by atoms with van der Waals surface area (Å²) >= 11 is 0. The van der Waals surface area contributed by atoms with Crippen LogP contribution in [0.3, 0.4) is 0 Å². The maximum Gasteiger partial charge on any atom is 0.292 e. The van der Waals surface area contributed by atoms with Crippen LogP contribution in [-0.4, -0.2) is 11.7 Å². The van der Waals surface area contributed by atoms with Gasteiger partial charge in [0.15, 0.2) is 5.58 Å². The van der Waals surface area contributed by atoms with Gasteiger partial charge < -0.3 is 15.0 Å². The van der Waals surface area contributed by atoms with E-state index in [2.05, 4.69) is 16.9 Å². The molecule has 0 saturated heterocycles. The molecule has 0 bridgehead atoms. The molecule has 2 rings (SSSR count). The van der Waals surface area contributed by atoms with Crippen molar-refractivity contribution < 1.29 is 9.25 Å². The fourth-order valence-corrected chi connectivity index (χ4v) is 1.20. The monoisotopic (exact) mass is 191 g/mol. The second-order valence-electron chi connectivity index (χ2n) is 2.76. The Balaban J connectivity index is 2.35. The van der Waals surface area contributed by atoms with Gasteiger partial charge in [0.05, 0.1) is 0 Å². The van der Waals surface area contributed by atoms with E-state index in [0.717, 1.165) is 5.56 Å². The van der Waals surface area contributed by atoms with E-state index in [4.69, 9.17) is 15.0 Å². The Labute approximate surface area is 80.2 Å². The van der Waals surface area contributed by atoms with Crippen LogP contribution in [0.25, 0.3) is 11.1 Å². The van der Waals surface area contributed by atoms with Crippen LogP contribution in [0.2, 0.25) is 0 Å². The molecule has 5 heteroatoms. The number of nitrogens with two attached hydrogens (primary N) is 1. The molecule has 0 spiro atoms. The summed E-state index contributed by atoms with van der Waals surface area (Å²) in [6.07, 6.45) is 0. The molecule has 72 valence electrons. The Kier molecular flexibility index (Phi) is 2.06. The SMILES string of the molecule is C=NOCc1ccc2oc(N)nc2c1. The molecular weight excluding hydrogens is 182 g/mol. The first-order valence-electron chi connectivity index (χ1n) is 4.02. The summed E-state index contributed by atoms with van der Waals surface area (Å²) in [6, 6.07) is 5.65. The number of oxazole rings is 1. The molecule has 2 aromatic rings. The molecule has 2 N–H and O–H groups in total. The molecule has 0 atom stereocenters. The summed E-state index contributed by atoms with van der Waals surface area (Å²) in [5.41, 5.74) is 7.73. The largest absolute Gasteiger partial charge is 0.424 e. The molecule has 14 heavy (non-hydrogen) atoms. The van der Waals surface area contributed by atoms with Gasteiger partial charge >= 0.3 is 0 Å². The van der Waals surface area contributed by atoms with Gasteiger partial charge in [0.1, 0.15) is 12.1 Å². The van der Waals surface area contributed by atoms with Gasteiger partial charge in [-0.15, -0.1) is 5.16 Å². The first-order valence-corrected chi connectivity index (χ1v) is 4.02. The predicted octanol–water partition coefficient (Wildman–Crippen LogP) is 1.54. The van der Waals surface area contributed by atoms with E-state index < -0.39 is 0 Å². The van der Waals surface area contributed by atoms with Crippen LogP contribution < -0.4 is 5.73 Å². The number of nitrogens with zero attached hydrogens (tertiary/aromatic N) is 2. The van der Waals surface area contributed by atoms with Crippen LogP contribution in [0.15, 0.2) is 27.8 Å². The normalized spacial score (nSPS) is 10.3. The lowest BCUT2D eigenvalue weighted by atomic mass is 10.2. The fraction of sp³-hybridized carbons (Fsp3) is 0.111. The number of anilines is 1. The van der Waals surface area contributed by atoms with Gasteiger partial charge in [-0.2, -0.15) is 4.98 Å². The van der Waals surface area contributed by atoms with E-state index in [1.165, 1.54) is 0 Å². The number of benzene rings is 1. The highest BCUT2D eigenvalue weighted by Crippen LogP contribution is 2.18. The van der Waals surface area contributed by atoms with E-state index in [0.29, 0.717) is 17.7 Å². The second-order valence-corrected chi connectivity index (χ2v) is 2.76. The number of aromatic nitrogens is 1. The summed E-state index contributed by atoms with van der Waals surface area (Å²) in [4.78, 5) is 8.79. The molecule has 5 nitrogen and oxygen atoms in total. The first kappa shape index (κ1) is 8.55. The molecule has 0 unspecified atom stereocenters. The zero-order valence-corrected chi connectivity index (χ0v) is 7.43. The first-order chi connectivity index (χ1) is 6.79. The number of oxime groups is 1. The molecule has 1 aromatic carbocycles. The summed E-state index contributed by atoms with van der Waals surface area (Å²) in [7, 11) is 0. The van der Waals surface area contributed by atoms with Crippen molar-refractivity contribution in [3.8, 4) is 0 Å². The van der Waals surface area contributed by atoms with Crippen molar-refractivity contribution in [2.24, 2.45) is 5.16 Å². The smallest absolute Gasteiger partial charge is 0.292 e. The second kappa shape index (κ2) is 3.37. The molecule has 0 fully saturated rings. The zero-order valence-electron chi connectivity index (χ0n) is 7.43. The van der Waals surface area contributed by atoms with Crippen LogP contribution in [0.5, 0.6) is 0 Å². The molecule has 0 aliphatic rings. The highest BCUT2D eigenvalue weighted by atomic mass is 16.6. The quantitative estimate of drug-likeness (QED) is 0.590. The van der Waals surface area contributed by atoms with E-state index in [1.807, 2.05) is 12.1 Å². The average molecular weight is 191 g/mol. The standard InChI is InChI=1S/C9H9N3O2/c1-11-13-5-6-2-3-8-7(4-6)12-9(10)14-8/h2-4H,1,5H2,(H2,10,12). The van der Waals surface area contributed by atoms with Gasteiger partial charge in [0, 0.05) is 6.72 Å². The van der Waals surface area contributed by atoms with Gasteiger partial charge in [0.2, 0.25) is 0 Å². The minimum absolute atomic E-state index is 0.167. The maximum atomic E-state index is 5.40. The van der Waals surface area contributed by atoms with E-state index in [1.54, 1.807) is 6.07 Å². The van der Waals surface area contributed by atoms with E-state index >= 15 is 0 Å². The van der Waals surface area contributed by atoms with Crippen molar-refractivity contribution >= 4 is 23.8 Å². The lowest BCUT2D eigenvalue weighted by molar-refractivity contribution is 0.133. The molecule has 0 amide bonds. The summed E-state index contributed by atoms with van der Waals surface area (Å²) in [5.74, 6) is 0. The Morgan fingerprint density at radius 1 is 1.57 bits per heavy atom. The number of fused-ring (bicyclic) bond motifs is 1. The molecule has 0 aliphatic carbocycles. The third-order valence-electron chi connectivity index (χ3n) is 1.79. The van der Waals surface area contributed by atoms with Gasteiger partial charge in [0.25, 0.3) is 6.01 Å². The van der Waals surface area contributed by atoms with Crippen molar-refractivity contribution in [2.75, 3.05) is 5.73 Å². The molecule has 0 saturated carbocycles. The van der Waals surface area contributed by atoms with E-state index in [-0.39, 0.29) is 6.01 Å². The van der Waals surface area contributed by atoms with E-state index in [9.17, 15) is 0 Å². The number of hydrogen-bond donors (Lipinski definition) is 1. The minimum atomic E-state index is 0.167. The third kappa shape index (κ3) is 1.52. The lowest BCUT2D eigenvalue weighted by Gasteiger charge is -1.97. The summed E-state index contributed by atoms with van der Waals surface area (Å²) in [5, 5.41) is 3.30. The van der Waals surface area contributed by atoms with Crippen LogP contribution in [-0.2, 0) is 11.4 Å². The zero-order chi connectivity index (χ0) is 9.97. The van der Waals surface area contributed by atoms with Crippen LogP contribution in [0.1, 0.15) is 5.56 Å². The number of hydrogen-bond acceptors (Lipinski definition) is 5. The van der Waals surface area contributed by atoms with Gasteiger partial charge in [-0.05, 0) is 17.7 Å². The van der Waals surface area contributed by atoms with Gasteiger partial charge in [-0.3, -0.25) is 0 Å². The Hall–Kier alpha value is -2.04. The molecule has 0 radical (unpaired) electrons. The van der Waals surface area contributed by atoms with Crippen molar-refractivity contribution in [3.63, 3.8) is 0 Å². The van der Waals surface area contributed by atoms with Crippen molar-refractivity contribution in [1.29, 1.82) is 0 Å². The van der Waals surface area contributed by atoms with Crippen molar-refractivity contribution in [1.82, 2.24) is 4.98 Å². The molecule has 1 aromatic heterocycles. The number of rotatable bonds is 3. The van der Waals surface area contributed by atoms with Crippen molar-refractivity contribution in [3.05, 3.63) is 23.8 Å². The number of nitrogen functional groups attached to an aromatic ring is 1. The Morgan fingerprint density at radius 2 is 2.43 bits per heavy atom. The maximum absolute atomic E-state index is 5.40. The van der Waals surface area contributed by atoms with Crippen LogP contribution >= 0.6 is 0 Å². The topological polar surface area (TPSA) is 73.6 Å². The Bertz CT molecular complexity index is 464.